The van der Waals surface area contributed by atoms with Gasteiger partial charge in [-0.05, 0) is 91.7 Å². The van der Waals surface area contributed by atoms with Gasteiger partial charge >= 0.3 is 0 Å². The Morgan fingerprint density at radius 3 is 0.776 bits per heavy atom. The maximum absolute atomic E-state index is 5.13. The van der Waals surface area contributed by atoms with E-state index in [4.69, 9.17) is 9.97 Å². The summed E-state index contributed by atoms with van der Waals surface area (Å²) in [6.45, 7) is 0. The molecule has 2 heteroatoms. The predicted molar refractivity (Wildman–Crippen MR) is 243 cm³/mol. The summed E-state index contributed by atoms with van der Waals surface area (Å²) in [6.07, 6.45) is 0. The predicted octanol–water partition coefficient (Wildman–Crippen LogP) is 15.0. The highest BCUT2D eigenvalue weighted by Crippen LogP contribution is 2.35. The van der Waals surface area contributed by atoms with Crippen molar-refractivity contribution in [2.75, 3.05) is 0 Å². The fraction of sp³-hybridized carbons (Fsp3) is 0. The molecule has 0 amide bonds. The van der Waals surface area contributed by atoms with Crippen LogP contribution >= 0.6 is 0 Å². The van der Waals surface area contributed by atoms with Gasteiger partial charge in [-0.15, -0.1) is 0 Å². The van der Waals surface area contributed by atoms with Crippen molar-refractivity contribution in [2.45, 2.75) is 0 Å². The van der Waals surface area contributed by atoms with Crippen molar-refractivity contribution in [3.05, 3.63) is 231 Å². The topological polar surface area (TPSA) is 25.8 Å². The van der Waals surface area contributed by atoms with Crippen LogP contribution in [0.4, 0.5) is 0 Å². The molecule has 0 atom stereocenters. The van der Waals surface area contributed by atoms with Gasteiger partial charge in [0.25, 0.3) is 0 Å². The zero-order valence-corrected chi connectivity index (χ0v) is 31.8. The number of benzene rings is 8. The van der Waals surface area contributed by atoms with Crippen molar-refractivity contribution in [3.8, 4) is 89.5 Å². The highest BCUT2D eigenvalue weighted by molar-refractivity contribution is 5.91. The molecule has 10 aromatic rings. The fourth-order valence-electron chi connectivity index (χ4n) is 7.74. The second-order valence-corrected chi connectivity index (χ2v) is 14.6. The van der Waals surface area contributed by atoms with Crippen LogP contribution in [0.3, 0.4) is 0 Å². The summed E-state index contributed by atoms with van der Waals surface area (Å²) in [5.74, 6) is 0. The van der Waals surface area contributed by atoms with Gasteiger partial charge in [0.2, 0.25) is 0 Å². The molecule has 0 fully saturated rings. The molecule has 2 heterocycles. The van der Waals surface area contributed by atoms with Gasteiger partial charge in [-0.1, -0.05) is 194 Å². The molecule has 0 aliphatic heterocycles. The first kappa shape index (κ1) is 34.8. The minimum absolute atomic E-state index is 0.956. The molecule has 58 heavy (non-hydrogen) atoms. The van der Waals surface area contributed by atoms with Gasteiger partial charge in [0, 0.05) is 22.3 Å². The van der Waals surface area contributed by atoms with Crippen molar-refractivity contribution in [1.82, 2.24) is 9.97 Å². The van der Waals surface area contributed by atoms with E-state index in [-0.39, 0.29) is 0 Å². The van der Waals surface area contributed by atoms with E-state index in [2.05, 4.69) is 218 Å². The average molecular weight is 739 g/mol. The smallest absolute Gasteiger partial charge is 0.0715 e. The van der Waals surface area contributed by atoms with Gasteiger partial charge in [0.05, 0.1) is 22.8 Å². The van der Waals surface area contributed by atoms with Crippen molar-refractivity contribution >= 4 is 10.8 Å². The van der Waals surface area contributed by atoms with E-state index in [0.29, 0.717) is 0 Å². The largest absolute Gasteiger partial charge is 0.248 e. The highest BCUT2D eigenvalue weighted by atomic mass is 14.7. The lowest BCUT2D eigenvalue weighted by molar-refractivity contribution is 1.32. The normalized spacial score (nSPS) is 11.1. The lowest BCUT2D eigenvalue weighted by Crippen LogP contribution is -1.91. The third-order valence-electron chi connectivity index (χ3n) is 10.9. The lowest BCUT2D eigenvalue weighted by atomic mass is 9.95. The number of fused-ring (bicyclic) bond motifs is 1. The van der Waals surface area contributed by atoms with E-state index in [1.54, 1.807) is 0 Å². The third kappa shape index (κ3) is 7.23. The molecule has 0 bridgehead atoms. The quantitative estimate of drug-likeness (QED) is 0.155. The second-order valence-electron chi connectivity index (χ2n) is 14.6. The molecule has 0 aliphatic carbocycles. The molecular weight excluding hydrogens is 701 g/mol. The van der Waals surface area contributed by atoms with Gasteiger partial charge in [0.1, 0.15) is 0 Å². The first-order valence-corrected chi connectivity index (χ1v) is 19.7. The Bertz CT molecular complexity index is 2670. The molecule has 0 saturated heterocycles. The number of aromatic nitrogens is 2. The minimum atomic E-state index is 0.956. The van der Waals surface area contributed by atoms with E-state index in [1.165, 1.54) is 44.2 Å². The molecule has 2 aromatic heterocycles. The summed E-state index contributed by atoms with van der Waals surface area (Å²) in [5, 5.41) is 2.42. The van der Waals surface area contributed by atoms with Crippen LogP contribution in [0.25, 0.3) is 100 Å². The number of hydrogen-bond acceptors (Lipinski definition) is 2. The minimum Gasteiger partial charge on any atom is -0.248 e. The molecule has 8 aromatic carbocycles. The van der Waals surface area contributed by atoms with Crippen LogP contribution in [-0.2, 0) is 0 Å². The van der Waals surface area contributed by atoms with E-state index in [9.17, 15) is 0 Å². The van der Waals surface area contributed by atoms with E-state index >= 15 is 0 Å². The molecule has 0 saturated carbocycles. The standard InChI is InChI=1S/C56H38N2/c1-5-13-39(14-6-1)51-35-53(44-17-9-3-10-18-44)57-55(37-51)46-27-21-41(22-28-46)48-31-25-43-26-32-49(34-50(43)33-48)42-23-29-47(30-24-42)56-38-52(40-15-7-2-8-16-40)36-54(58-56)45-19-11-4-12-20-45/h1-38H. The Hall–Kier alpha value is -7.68. The summed E-state index contributed by atoms with van der Waals surface area (Å²) in [5.41, 5.74) is 17.6. The van der Waals surface area contributed by atoms with Crippen molar-refractivity contribution in [3.63, 3.8) is 0 Å². The van der Waals surface area contributed by atoms with Crippen LogP contribution in [0.5, 0.6) is 0 Å². The third-order valence-corrected chi connectivity index (χ3v) is 10.9. The zero-order valence-electron chi connectivity index (χ0n) is 31.8. The van der Waals surface area contributed by atoms with Crippen LogP contribution in [0, 0.1) is 0 Å². The average Bonchev–Trinajstić information content (AvgIpc) is 3.32. The Morgan fingerprint density at radius 2 is 0.431 bits per heavy atom. The number of hydrogen-bond donors (Lipinski definition) is 0. The van der Waals surface area contributed by atoms with Crippen LogP contribution in [0.2, 0.25) is 0 Å². The molecule has 0 radical (unpaired) electrons. The monoisotopic (exact) mass is 738 g/mol. The molecule has 0 aliphatic rings. The molecule has 0 spiro atoms. The van der Waals surface area contributed by atoms with Crippen LogP contribution in [0.15, 0.2) is 231 Å². The number of pyridine rings is 2. The Balaban J connectivity index is 0.941. The van der Waals surface area contributed by atoms with Crippen molar-refractivity contribution in [1.29, 1.82) is 0 Å². The Morgan fingerprint density at radius 1 is 0.172 bits per heavy atom. The SMILES string of the molecule is c1ccc(-c2cc(-c3ccccc3)nc(-c3ccc(-c4ccc5ccc(-c6ccc(-c7cc(-c8ccccc8)cc(-c8ccccc8)n7)cc6)cc5c4)cc3)c2)cc1. The molecule has 2 nitrogen and oxygen atoms in total. The van der Waals surface area contributed by atoms with Crippen LogP contribution in [-0.4, -0.2) is 9.97 Å². The summed E-state index contributed by atoms with van der Waals surface area (Å²) >= 11 is 0. The first-order valence-electron chi connectivity index (χ1n) is 19.7. The van der Waals surface area contributed by atoms with Crippen LogP contribution < -0.4 is 0 Å². The molecular formula is C56H38N2. The van der Waals surface area contributed by atoms with E-state index < -0.39 is 0 Å². The first-order chi connectivity index (χ1) is 28.7. The van der Waals surface area contributed by atoms with E-state index in [1.807, 2.05) is 12.1 Å². The van der Waals surface area contributed by atoms with Gasteiger partial charge in [-0.3, -0.25) is 0 Å². The second kappa shape index (κ2) is 15.5. The summed E-state index contributed by atoms with van der Waals surface area (Å²) in [4.78, 5) is 10.3. The van der Waals surface area contributed by atoms with Gasteiger partial charge in [-0.25, -0.2) is 9.97 Å². The number of rotatable bonds is 8. The Labute approximate surface area is 339 Å². The summed E-state index contributed by atoms with van der Waals surface area (Å²) in [6, 6.07) is 81.7. The van der Waals surface area contributed by atoms with Crippen molar-refractivity contribution in [2.24, 2.45) is 0 Å². The van der Waals surface area contributed by atoms with Gasteiger partial charge in [-0.2, -0.15) is 0 Å². The maximum atomic E-state index is 5.13. The number of nitrogens with zero attached hydrogens (tertiary/aromatic N) is 2. The molecule has 0 N–H and O–H groups in total. The molecule has 272 valence electrons. The lowest BCUT2D eigenvalue weighted by Gasteiger charge is -2.12. The summed E-state index contributed by atoms with van der Waals surface area (Å²) in [7, 11) is 0. The highest BCUT2D eigenvalue weighted by Gasteiger charge is 2.12. The van der Waals surface area contributed by atoms with Crippen molar-refractivity contribution < 1.29 is 0 Å². The zero-order chi connectivity index (χ0) is 38.7. The summed E-state index contributed by atoms with van der Waals surface area (Å²) < 4.78 is 0. The Kier molecular flexibility index (Phi) is 9.27. The van der Waals surface area contributed by atoms with Gasteiger partial charge in [0.15, 0.2) is 0 Å². The van der Waals surface area contributed by atoms with E-state index in [0.717, 1.165) is 56.2 Å². The fourth-order valence-corrected chi connectivity index (χ4v) is 7.74. The molecule has 10 rings (SSSR count). The maximum Gasteiger partial charge on any atom is 0.0715 e. The molecule has 0 unspecified atom stereocenters. The van der Waals surface area contributed by atoms with Crippen LogP contribution in [0.1, 0.15) is 0 Å². The van der Waals surface area contributed by atoms with Gasteiger partial charge < -0.3 is 0 Å².